The molecule has 0 aromatic heterocycles. The van der Waals surface area contributed by atoms with E-state index in [-0.39, 0.29) is 39.1 Å². The second-order valence-electron chi connectivity index (χ2n) is 5.38. The van der Waals surface area contributed by atoms with Crippen molar-refractivity contribution in [2.24, 2.45) is 5.41 Å². The summed E-state index contributed by atoms with van der Waals surface area (Å²) < 4.78 is 20.7. The molecule has 8 heteroatoms. The Morgan fingerprint density at radius 2 is 1.24 bits per heavy atom. The van der Waals surface area contributed by atoms with E-state index >= 15 is 0 Å². The van der Waals surface area contributed by atoms with Crippen LogP contribution in [0, 0.1) is 17.6 Å². The molecule has 0 aliphatic heterocycles. The molecule has 0 aromatic rings. The minimum absolute atomic E-state index is 0.158. The molecule has 8 nitrogen and oxygen atoms in total. The number of hydrogen-bond donors (Lipinski definition) is 1. The molecule has 0 radical (unpaired) electrons. The summed E-state index contributed by atoms with van der Waals surface area (Å²) >= 11 is 0. The van der Waals surface area contributed by atoms with Gasteiger partial charge in [0.15, 0.2) is 12.2 Å². The molecule has 0 bridgehead atoms. The standard InChI is InChI=1S/C17H26O8/c1-5-14(19)23-10-17(11-24-15(20)6-2,12-25-16(21)7-3)13(4)22-9-8-18/h13,18H,5-7,10-12H2,1-4H3. The summed E-state index contributed by atoms with van der Waals surface area (Å²) in [5.41, 5.74) is -1.16. The highest BCUT2D eigenvalue weighted by Crippen LogP contribution is 2.27. The molecule has 0 aliphatic carbocycles. The number of esters is 3. The zero-order chi connectivity index (χ0) is 19.3. The van der Waals surface area contributed by atoms with Gasteiger partial charge in [-0.15, -0.1) is 0 Å². The minimum atomic E-state index is -1.16. The molecule has 0 aromatic carbocycles. The zero-order valence-corrected chi connectivity index (χ0v) is 15.1. The third-order valence-corrected chi connectivity index (χ3v) is 3.57. The van der Waals surface area contributed by atoms with Gasteiger partial charge in [-0.2, -0.15) is 0 Å². The van der Waals surface area contributed by atoms with Crippen LogP contribution in [0.25, 0.3) is 0 Å². The molecule has 0 saturated heterocycles. The Labute approximate surface area is 147 Å². The fourth-order valence-corrected chi connectivity index (χ4v) is 1.70. The first-order valence-corrected chi connectivity index (χ1v) is 8.11. The Morgan fingerprint density at radius 1 is 0.880 bits per heavy atom. The first-order chi connectivity index (χ1) is 11.8. The molecule has 1 unspecified atom stereocenters. The van der Waals surface area contributed by atoms with E-state index in [9.17, 15) is 14.4 Å². The lowest BCUT2D eigenvalue weighted by molar-refractivity contribution is -0.170. The SMILES string of the molecule is CCC(=O)OCC(COC(=O)CC)(COC(=O)CC)C(C)OC#CO. The smallest absolute Gasteiger partial charge is 0.305 e. The molecule has 142 valence electrons. The van der Waals surface area contributed by atoms with Crippen LogP contribution in [0.1, 0.15) is 47.0 Å². The van der Waals surface area contributed by atoms with E-state index in [1.165, 1.54) is 0 Å². The number of carbonyl (C=O) groups is 3. The van der Waals surface area contributed by atoms with Crippen molar-refractivity contribution in [1.82, 2.24) is 0 Å². The first kappa shape index (κ1) is 22.6. The molecule has 1 N–H and O–H groups in total. The van der Waals surface area contributed by atoms with Crippen molar-refractivity contribution in [2.45, 2.75) is 53.1 Å². The topological polar surface area (TPSA) is 108 Å². The summed E-state index contributed by atoms with van der Waals surface area (Å²) in [5, 5.41) is 8.61. The number of hydrogen-bond acceptors (Lipinski definition) is 8. The molecule has 0 amide bonds. The lowest BCUT2D eigenvalue weighted by Crippen LogP contribution is -2.48. The van der Waals surface area contributed by atoms with E-state index in [1.54, 1.807) is 33.8 Å². The maximum absolute atomic E-state index is 11.5. The van der Waals surface area contributed by atoms with Crippen molar-refractivity contribution in [3.8, 4) is 12.2 Å². The Balaban J connectivity index is 5.44. The van der Waals surface area contributed by atoms with Crippen molar-refractivity contribution in [3.05, 3.63) is 0 Å². The number of aliphatic hydroxyl groups is 1. The van der Waals surface area contributed by atoms with Gasteiger partial charge < -0.3 is 24.1 Å². The van der Waals surface area contributed by atoms with Crippen molar-refractivity contribution >= 4 is 17.9 Å². The van der Waals surface area contributed by atoms with Gasteiger partial charge in [-0.05, 0) is 6.92 Å². The van der Waals surface area contributed by atoms with E-state index in [1.807, 2.05) is 6.11 Å². The quantitative estimate of drug-likeness (QED) is 0.336. The maximum atomic E-state index is 11.5. The average Bonchev–Trinajstić information content (AvgIpc) is 2.64. The molecule has 0 rings (SSSR count). The first-order valence-electron chi connectivity index (χ1n) is 8.11. The van der Waals surface area contributed by atoms with Crippen LogP contribution in [0.2, 0.25) is 0 Å². The highest BCUT2D eigenvalue weighted by molar-refractivity contribution is 5.70. The van der Waals surface area contributed by atoms with E-state index in [2.05, 4.69) is 0 Å². The Bertz CT molecular complexity index is 452. The van der Waals surface area contributed by atoms with Crippen LogP contribution in [-0.4, -0.2) is 48.9 Å². The molecule has 25 heavy (non-hydrogen) atoms. The molecule has 0 saturated carbocycles. The van der Waals surface area contributed by atoms with Gasteiger partial charge in [0.25, 0.3) is 0 Å². The second kappa shape index (κ2) is 12.0. The molecule has 0 heterocycles. The molecular formula is C17H26O8. The van der Waals surface area contributed by atoms with Gasteiger partial charge in [0.2, 0.25) is 0 Å². The van der Waals surface area contributed by atoms with Gasteiger partial charge in [0.1, 0.15) is 31.3 Å². The van der Waals surface area contributed by atoms with Crippen molar-refractivity contribution < 1.29 is 38.4 Å². The minimum Gasteiger partial charge on any atom is -0.465 e. The van der Waals surface area contributed by atoms with E-state index in [0.29, 0.717) is 0 Å². The summed E-state index contributed by atoms with van der Waals surface area (Å²) in [7, 11) is 0. The Morgan fingerprint density at radius 3 is 1.52 bits per heavy atom. The van der Waals surface area contributed by atoms with E-state index < -0.39 is 29.4 Å². The number of aliphatic hydroxyl groups excluding tert-OH is 1. The third-order valence-electron chi connectivity index (χ3n) is 3.57. The summed E-state index contributed by atoms with van der Waals surface area (Å²) in [4.78, 5) is 34.6. The molecular weight excluding hydrogens is 332 g/mol. The van der Waals surface area contributed by atoms with Gasteiger partial charge in [-0.3, -0.25) is 14.4 Å². The molecule has 1 atom stereocenters. The predicted molar refractivity (Wildman–Crippen MR) is 86.4 cm³/mol. The summed E-state index contributed by atoms with van der Waals surface area (Å²) in [6.07, 6.45) is 3.35. The maximum Gasteiger partial charge on any atom is 0.305 e. The average molecular weight is 358 g/mol. The lowest BCUT2D eigenvalue weighted by atomic mass is 9.85. The largest absolute Gasteiger partial charge is 0.465 e. The van der Waals surface area contributed by atoms with Crippen molar-refractivity contribution in [2.75, 3.05) is 19.8 Å². The van der Waals surface area contributed by atoms with Crippen LogP contribution in [0.3, 0.4) is 0 Å². The van der Waals surface area contributed by atoms with Crippen molar-refractivity contribution in [1.29, 1.82) is 0 Å². The highest BCUT2D eigenvalue weighted by atomic mass is 16.6. The summed E-state index contributed by atoms with van der Waals surface area (Å²) in [6.45, 7) is 5.87. The number of carbonyl (C=O) groups excluding carboxylic acids is 3. The number of ether oxygens (including phenoxy) is 4. The van der Waals surface area contributed by atoms with Gasteiger partial charge in [-0.1, -0.05) is 20.8 Å². The van der Waals surface area contributed by atoms with Crippen LogP contribution < -0.4 is 0 Å². The summed E-state index contributed by atoms with van der Waals surface area (Å²) in [5.74, 6) is -1.39. The third kappa shape index (κ3) is 8.29. The van der Waals surface area contributed by atoms with Crippen LogP contribution in [0.5, 0.6) is 0 Å². The van der Waals surface area contributed by atoms with Gasteiger partial charge >= 0.3 is 17.9 Å². The second-order valence-corrected chi connectivity index (χ2v) is 5.38. The van der Waals surface area contributed by atoms with Crippen LogP contribution >= 0.6 is 0 Å². The summed E-state index contributed by atoms with van der Waals surface area (Å²) in [6, 6.07) is 0. The fraction of sp³-hybridized carbons (Fsp3) is 0.706. The Hall–Kier alpha value is -2.43. The molecule has 0 spiro atoms. The van der Waals surface area contributed by atoms with Gasteiger partial charge in [0, 0.05) is 19.3 Å². The predicted octanol–water partition coefficient (Wildman–Crippen LogP) is 1.53. The van der Waals surface area contributed by atoms with Crippen LogP contribution in [-0.2, 0) is 33.3 Å². The zero-order valence-electron chi connectivity index (χ0n) is 15.1. The molecule has 0 fully saturated rings. The Kier molecular flexibility index (Phi) is 10.8. The monoisotopic (exact) mass is 358 g/mol. The van der Waals surface area contributed by atoms with Crippen molar-refractivity contribution in [3.63, 3.8) is 0 Å². The van der Waals surface area contributed by atoms with Gasteiger partial charge in [0.05, 0.1) is 0 Å². The van der Waals surface area contributed by atoms with Gasteiger partial charge in [-0.25, -0.2) is 0 Å². The van der Waals surface area contributed by atoms with Crippen LogP contribution in [0.4, 0.5) is 0 Å². The lowest BCUT2D eigenvalue weighted by Gasteiger charge is -2.35. The highest BCUT2D eigenvalue weighted by Gasteiger charge is 2.43. The normalized spacial score (nSPS) is 11.5. The molecule has 0 aliphatic rings. The number of rotatable bonds is 11. The van der Waals surface area contributed by atoms with E-state index in [0.717, 1.165) is 0 Å². The fourth-order valence-electron chi connectivity index (χ4n) is 1.70. The van der Waals surface area contributed by atoms with E-state index in [4.69, 9.17) is 24.1 Å². The van der Waals surface area contributed by atoms with Crippen LogP contribution in [0.15, 0.2) is 0 Å².